The van der Waals surface area contributed by atoms with Gasteiger partial charge in [-0.3, -0.25) is 62.5 Å². The summed E-state index contributed by atoms with van der Waals surface area (Å²) in [6.45, 7) is 3.06. The van der Waals surface area contributed by atoms with E-state index in [0.29, 0.717) is 80.1 Å². The fourth-order valence-electron chi connectivity index (χ4n) is 15.8. The molecule has 11 amide bonds. The number of nitrogens with one attached hydrogen (secondary N) is 8. The second-order valence-corrected chi connectivity index (χ2v) is 34.3. The number of hydrogen-bond donors (Lipinski definition) is 9. The molecule has 4 fully saturated rings. The number of carboxylic acid groups (broad SMARTS) is 1. The number of aromatic amines is 1. The lowest BCUT2D eigenvalue weighted by molar-refractivity contribution is -0.139. The summed E-state index contributed by atoms with van der Waals surface area (Å²) in [6.07, 6.45) is 7.48. The van der Waals surface area contributed by atoms with Crippen molar-refractivity contribution in [2.45, 2.75) is 117 Å². The second-order valence-electron chi connectivity index (χ2n) is 32.1. The molecule has 2 atom stereocenters. The SMILES string of the molecule is COc1ccc(C#CCNC2(C)CCN(C3CCN(c4nc([C@@](COCNC(=O)CNC(=O)[C@H](Cc5ccccc5)NC(=O)CNC(=O)CNC(=O)CCOCCN5C(=O)C(Sc6ccccc6)=C(Sc6ccccc6)C5=O)(OC5CC5)c5ccccc5)c5cc(-c6cn(C)c(=O)c7[nH]ccc67)ccc5n4)CC3)CC2)cc1N1CCC(=O)N(CNC(=O)CCC(=O)O)C1=O. The lowest BCUT2D eigenvalue weighted by atomic mass is 9.87. The molecule has 3 aromatic heterocycles. The maximum absolute atomic E-state index is 14.1. The van der Waals surface area contributed by atoms with Gasteiger partial charge in [-0.15, -0.1) is 0 Å². The molecule has 9 aromatic rings. The van der Waals surface area contributed by atoms with E-state index in [1.165, 1.54) is 35.5 Å². The molecule has 1 saturated carbocycles. The zero-order chi connectivity index (χ0) is 90.6. The number of aryl methyl sites for hydroxylation is 1. The molecule has 1 aliphatic carbocycles. The van der Waals surface area contributed by atoms with E-state index < -0.39 is 110 Å². The van der Waals surface area contributed by atoms with Crippen molar-refractivity contribution >= 4 is 122 Å². The molecule has 7 heterocycles. The van der Waals surface area contributed by atoms with Gasteiger partial charge in [-0.2, -0.15) is 0 Å². The van der Waals surface area contributed by atoms with E-state index in [9.17, 15) is 57.5 Å². The number of ether oxygens (including phenoxy) is 4. The fourth-order valence-corrected chi connectivity index (χ4v) is 17.9. The highest BCUT2D eigenvalue weighted by Gasteiger charge is 2.46. The Labute approximate surface area is 752 Å². The van der Waals surface area contributed by atoms with Crippen molar-refractivity contribution < 1.29 is 76.8 Å². The number of pyridine rings is 1. The van der Waals surface area contributed by atoms with Crippen LogP contribution in [0.2, 0.25) is 0 Å². The minimum atomic E-state index is -1.42. The van der Waals surface area contributed by atoms with Gasteiger partial charge in [0.1, 0.15) is 30.7 Å². The Balaban J connectivity index is 0.582. The van der Waals surface area contributed by atoms with E-state index >= 15 is 0 Å². The average Bonchev–Trinajstić information content (AvgIpc) is 1.53. The number of anilines is 2. The molecule has 4 aliphatic heterocycles. The van der Waals surface area contributed by atoms with Crippen molar-refractivity contribution in [2.75, 3.05) is 116 Å². The summed E-state index contributed by atoms with van der Waals surface area (Å²) in [6, 6.07) is 48.7. The van der Waals surface area contributed by atoms with E-state index in [1.54, 1.807) is 66.3 Å². The van der Waals surface area contributed by atoms with Crippen molar-refractivity contribution in [1.29, 1.82) is 0 Å². The normalized spacial score (nSPS) is 16.1. The molecule has 5 aliphatic rings. The number of aromatic nitrogens is 4. The third kappa shape index (κ3) is 23.6. The van der Waals surface area contributed by atoms with Crippen LogP contribution in [0.1, 0.15) is 93.5 Å². The summed E-state index contributed by atoms with van der Waals surface area (Å²) in [4.78, 5) is 182. The van der Waals surface area contributed by atoms with Gasteiger partial charge in [-0.1, -0.05) is 138 Å². The highest BCUT2D eigenvalue weighted by Crippen LogP contribution is 2.46. The number of fused-ring (bicyclic) bond motifs is 2. The van der Waals surface area contributed by atoms with Crippen LogP contribution in [0, 0.1) is 11.8 Å². The number of H-pyrrole nitrogens is 1. The van der Waals surface area contributed by atoms with Crippen LogP contribution in [-0.2, 0) is 81.2 Å². The molecule has 0 spiro atoms. The van der Waals surface area contributed by atoms with Crippen LogP contribution >= 0.6 is 23.5 Å². The molecule has 33 nitrogen and oxygen atoms in total. The van der Waals surface area contributed by atoms with Crippen LogP contribution in [-0.4, -0.2) is 234 Å². The summed E-state index contributed by atoms with van der Waals surface area (Å²) in [7, 11) is 3.19. The first-order valence-corrected chi connectivity index (χ1v) is 44.5. The number of imide groups is 2. The quantitative estimate of drug-likeness (QED) is 0.00792. The summed E-state index contributed by atoms with van der Waals surface area (Å²) in [5, 5.41) is 29.6. The molecule has 9 N–H and O–H groups in total. The summed E-state index contributed by atoms with van der Waals surface area (Å²) >= 11 is 2.43. The maximum Gasteiger partial charge on any atom is 0.332 e. The van der Waals surface area contributed by atoms with Gasteiger partial charge in [0.2, 0.25) is 47.3 Å². The topological polar surface area (TPSA) is 409 Å². The largest absolute Gasteiger partial charge is 0.495 e. The molecule has 129 heavy (non-hydrogen) atoms. The standard InChI is InChI=1S/C94H102N16O17S2/c1-93(101-41-16-19-62-26-31-75(124-3)74(52-62)108-45-37-81(116)110(92(108)123)59-99-76(111)32-33-82(117)118)39-46-106(47-40-93)65-35-43-107(44-36-65)91-103-72-30-27-63(71-57-105(2)88(120)83-69(71)34-42-95-83)53-70(72)86(104-91)94(127-66-28-29-66,64-20-10-5-11-21-64)58-126-60-100-79(114)55-98-87(119)73(51-61-17-8-4-9-18-61)102-80(115)56-97-78(113)54-96-77(112)38-49-125-50-48-109-89(121)84(128-67-22-12-6-13-23-67)85(90(109)122)129-68-24-14-7-15-25-68/h4-15,17-18,20-27,30-31,34,42,52-53,57,65-66,73,95,101H,28-29,32-33,35-41,43-51,54-56,58-60H2,1-3H3,(H,96,112)(H,97,113)(H,98,119)(H,99,111)(H,100,114)(H,102,115)(H,117,118)/t73-,94-/m0/s1. The summed E-state index contributed by atoms with van der Waals surface area (Å²) in [5.41, 5.74) is 3.85. The number of aliphatic carboxylic acids is 1. The highest BCUT2D eigenvalue weighted by molar-refractivity contribution is 8.08. The number of carbonyl (C=O) groups is 11. The first-order valence-electron chi connectivity index (χ1n) is 42.9. The minimum Gasteiger partial charge on any atom is -0.495 e. The van der Waals surface area contributed by atoms with Gasteiger partial charge in [0.15, 0.2) is 5.60 Å². The molecule has 0 radical (unpaired) electrons. The van der Waals surface area contributed by atoms with Crippen LogP contribution in [0.25, 0.3) is 32.9 Å². The van der Waals surface area contributed by atoms with Crippen molar-refractivity contribution in [3.8, 4) is 28.7 Å². The van der Waals surface area contributed by atoms with Crippen molar-refractivity contribution in [1.82, 2.24) is 71.4 Å². The number of methoxy groups -OCH3 is 1. The number of carbonyl (C=O) groups excluding carboxylic acids is 10. The fraction of sp³-hybridized carbons (Fsp3) is 0.362. The Morgan fingerprint density at radius 3 is 1.99 bits per heavy atom. The number of piperidine rings is 2. The molecule has 14 rings (SSSR count). The average molecular weight is 1790 g/mol. The van der Waals surface area contributed by atoms with Crippen molar-refractivity contribution in [2.24, 2.45) is 7.05 Å². The molecule has 672 valence electrons. The third-order valence-electron chi connectivity index (χ3n) is 23.1. The minimum absolute atomic E-state index is 0.0129. The first-order chi connectivity index (χ1) is 62.5. The van der Waals surface area contributed by atoms with Gasteiger partial charge in [0, 0.05) is 121 Å². The molecule has 3 saturated heterocycles. The van der Waals surface area contributed by atoms with E-state index in [0.717, 1.165) is 93.3 Å². The predicted octanol–water partition coefficient (Wildman–Crippen LogP) is 7.21. The Morgan fingerprint density at radius 1 is 0.659 bits per heavy atom. The lowest BCUT2D eigenvalue weighted by Gasteiger charge is -2.45. The second kappa shape index (κ2) is 43.1. The van der Waals surface area contributed by atoms with Gasteiger partial charge in [0.25, 0.3) is 17.4 Å². The molecular weight excluding hydrogens is 1690 g/mol. The number of nitrogens with zero attached hydrogens (tertiary/aromatic N) is 8. The van der Waals surface area contributed by atoms with E-state index in [-0.39, 0.29) is 88.6 Å². The number of benzene rings is 6. The molecular formula is C94H102N16O17S2. The van der Waals surface area contributed by atoms with Gasteiger partial charge < -0.3 is 80.6 Å². The number of likely N-dealkylation sites (tertiary alicyclic amines) is 1. The first kappa shape index (κ1) is 92.1. The van der Waals surface area contributed by atoms with Gasteiger partial charge in [-0.05, 0) is 123 Å². The third-order valence-corrected chi connectivity index (χ3v) is 25.4. The van der Waals surface area contributed by atoms with Crippen molar-refractivity contribution in [3.63, 3.8) is 0 Å². The van der Waals surface area contributed by atoms with Crippen LogP contribution in [0.15, 0.2) is 201 Å². The predicted molar refractivity (Wildman–Crippen MR) is 484 cm³/mol. The Hall–Kier alpha value is -13.1. The Bertz CT molecular complexity index is 5730. The van der Waals surface area contributed by atoms with Crippen LogP contribution in [0.5, 0.6) is 5.75 Å². The highest BCUT2D eigenvalue weighted by atomic mass is 32.2. The van der Waals surface area contributed by atoms with E-state index in [2.05, 4.69) is 70.8 Å². The molecule has 0 bridgehead atoms. The van der Waals surface area contributed by atoms with E-state index in [1.807, 2.05) is 121 Å². The number of hydrogen-bond acceptors (Lipinski definition) is 23. The lowest BCUT2D eigenvalue weighted by Crippen LogP contribution is -2.55. The Morgan fingerprint density at radius 2 is 1.31 bits per heavy atom. The molecule has 35 heteroatoms. The number of rotatable bonds is 40. The van der Waals surface area contributed by atoms with Gasteiger partial charge >= 0.3 is 12.0 Å². The summed E-state index contributed by atoms with van der Waals surface area (Å²) < 4.78 is 26.8. The zero-order valence-electron chi connectivity index (χ0n) is 71.7. The maximum atomic E-state index is 14.1. The van der Waals surface area contributed by atoms with Crippen molar-refractivity contribution in [3.05, 3.63) is 219 Å². The molecule has 6 aromatic carbocycles. The number of urea groups is 1. The summed E-state index contributed by atoms with van der Waals surface area (Å²) in [5.74, 6) is 0.996. The van der Waals surface area contributed by atoms with Crippen LogP contribution < -0.4 is 57.3 Å². The monoisotopic (exact) mass is 1790 g/mol. The van der Waals surface area contributed by atoms with E-state index in [4.69, 9.17) is 34.0 Å². The number of amides is 11. The molecule has 0 unspecified atom stereocenters. The van der Waals surface area contributed by atoms with Crippen LogP contribution in [0.3, 0.4) is 0 Å². The van der Waals surface area contributed by atoms with Crippen LogP contribution in [0.4, 0.5) is 16.4 Å². The van der Waals surface area contributed by atoms with Gasteiger partial charge in [-0.25, -0.2) is 19.7 Å². The zero-order valence-corrected chi connectivity index (χ0v) is 73.4. The smallest absolute Gasteiger partial charge is 0.332 e. The Kier molecular flexibility index (Phi) is 30.8. The van der Waals surface area contributed by atoms with Gasteiger partial charge in [0.05, 0.1) is 98.9 Å². The number of thioether (sulfide) groups is 2. The number of carboxylic acids is 1.